The number of nitrogens with zero attached hydrogens (tertiary/aromatic N) is 1. The third-order valence-electron chi connectivity index (χ3n) is 3.57. The fraction of sp³-hybridized carbons (Fsp3) is 0.462. The highest BCUT2D eigenvalue weighted by Gasteiger charge is 2.38. The fourth-order valence-electron chi connectivity index (χ4n) is 2.57. The summed E-state index contributed by atoms with van der Waals surface area (Å²) in [5.41, 5.74) is 1.06. The lowest BCUT2D eigenvalue weighted by Gasteiger charge is -2.48. The van der Waals surface area contributed by atoms with Gasteiger partial charge in [-0.3, -0.25) is 0 Å². The molecule has 4 nitrogen and oxygen atoms in total. The number of halogens is 1. The molecule has 96 valence electrons. The zero-order chi connectivity index (χ0) is 12.5. The minimum Gasteiger partial charge on any atom is -0.334 e. The smallest absolute Gasteiger partial charge is 0.317 e. The van der Waals surface area contributed by atoms with Crippen molar-refractivity contribution >= 4 is 17.6 Å². The predicted molar refractivity (Wildman–Crippen MR) is 70.6 cm³/mol. The molecule has 0 aromatic heterocycles. The van der Waals surface area contributed by atoms with Crippen molar-refractivity contribution in [2.75, 3.05) is 13.1 Å². The summed E-state index contributed by atoms with van der Waals surface area (Å²) >= 11 is 5.81. The van der Waals surface area contributed by atoms with Gasteiger partial charge in [0, 0.05) is 36.7 Å². The van der Waals surface area contributed by atoms with Crippen LogP contribution in [0.1, 0.15) is 12.0 Å². The zero-order valence-corrected chi connectivity index (χ0v) is 10.8. The Labute approximate surface area is 111 Å². The van der Waals surface area contributed by atoms with Crippen LogP contribution in [0.15, 0.2) is 24.3 Å². The van der Waals surface area contributed by atoms with E-state index < -0.39 is 0 Å². The number of carbonyl (C=O) groups excluding carboxylic acids is 1. The Kier molecular flexibility index (Phi) is 3.14. The molecule has 3 heterocycles. The average Bonchev–Trinajstić information content (AvgIpc) is 2.37. The molecule has 3 aliphatic rings. The van der Waals surface area contributed by atoms with Crippen molar-refractivity contribution in [3.8, 4) is 0 Å². The molecule has 3 aliphatic heterocycles. The Hall–Kier alpha value is -1.26. The second kappa shape index (κ2) is 4.78. The standard InChI is InChI=1S/C13H16ClN3O/c14-10-3-1-9(2-4-10)6-15-13(18)17-7-11-5-12(8-17)16-11/h1-4,11-12,16H,5-8H2,(H,15,18). The van der Waals surface area contributed by atoms with Crippen molar-refractivity contribution in [1.29, 1.82) is 0 Å². The average molecular weight is 266 g/mol. The molecular formula is C13H16ClN3O. The van der Waals surface area contributed by atoms with Crippen LogP contribution in [-0.2, 0) is 6.54 Å². The van der Waals surface area contributed by atoms with Crippen molar-refractivity contribution in [3.05, 3.63) is 34.9 Å². The molecule has 2 unspecified atom stereocenters. The van der Waals surface area contributed by atoms with Crippen LogP contribution in [0, 0.1) is 0 Å². The zero-order valence-electron chi connectivity index (χ0n) is 10.0. The molecule has 0 spiro atoms. The van der Waals surface area contributed by atoms with Crippen LogP contribution < -0.4 is 10.6 Å². The highest BCUT2D eigenvalue weighted by Crippen LogP contribution is 2.20. The van der Waals surface area contributed by atoms with Crippen LogP contribution in [0.3, 0.4) is 0 Å². The summed E-state index contributed by atoms with van der Waals surface area (Å²) in [6, 6.07) is 8.57. The Morgan fingerprint density at radius 2 is 1.94 bits per heavy atom. The molecule has 3 saturated heterocycles. The number of urea groups is 1. The first kappa shape index (κ1) is 11.8. The maximum Gasteiger partial charge on any atom is 0.317 e. The highest BCUT2D eigenvalue weighted by molar-refractivity contribution is 6.30. The highest BCUT2D eigenvalue weighted by atomic mass is 35.5. The van der Waals surface area contributed by atoms with E-state index in [1.165, 1.54) is 6.42 Å². The van der Waals surface area contributed by atoms with E-state index in [1.54, 1.807) is 0 Å². The molecule has 5 heteroatoms. The summed E-state index contributed by atoms with van der Waals surface area (Å²) in [5.74, 6) is 0. The monoisotopic (exact) mass is 265 g/mol. The lowest BCUT2D eigenvalue weighted by Crippen LogP contribution is -2.68. The largest absolute Gasteiger partial charge is 0.334 e. The second-order valence-electron chi connectivity index (χ2n) is 4.99. The van der Waals surface area contributed by atoms with E-state index in [-0.39, 0.29) is 6.03 Å². The molecule has 2 atom stereocenters. The summed E-state index contributed by atoms with van der Waals surface area (Å²) in [5, 5.41) is 7.07. The van der Waals surface area contributed by atoms with Gasteiger partial charge in [-0.25, -0.2) is 4.79 Å². The first-order valence-corrected chi connectivity index (χ1v) is 6.62. The van der Waals surface area contributed by atoms with Gasteiger partial charge in [-0.15, -0.1) is 0 Å². The van der Waals surface area contributed by atoms with Gasteiger partial charge in [0.25, 0.3) is 0 Å². The third kappa shape index (κ3) is 2.44. The molecule has 0 aliphatic carbocycles. The predicted octanol–water partition coefficient (Wildman–Crippen LogP) is 1.60. The van der Waals surface area contributed by atoms with Gasteiger partial charge in [0.1, 0.15) is 0 Å². The number of nitrogens with one attached hydrogen (secondary N) is 2. The van der Waals surface area contributed by atoms with E-state index in [0.29, 0.717) is 23.7 Å². The first-order chi connectivity index (χ1) is 8.70. The molecule has 0 radical (unpaired) electrons. The van der Waals surface area contributed by atoms with Crippen molar-refractivity contribution in [1.82, 2.24) is 15.5 Å². The number of benzene rings is 1. The Morgan fingerprint density at radius 1 is 1.33 bits per heavy atom. The summed E-state index contributed by atoms with van der Waals surface area (Å²) in [6.07, 6.45) is 1.21. The number of piperidine rings is 1. The van der Waals surface area contributed by atoms with Crippen molar-refractivity contribution in [3.63, 3.8) is 0 Å². The number of amides is 2. The van der Waals surface area contributed by atoms with Crippen LogP contribution in [0.25, 0.3) is 0 Å². The Morgan fingerprint density at radius 3 is 2.56 bits per heavy atom. The normalized spacial score (nSPS) is 25.5. The van der Waals surface area contributed by atoms with Gasteiger partial charge in [-0.2, -0.15) is 0 Å². The number of hydrogen-bond donors (Lipinski definition) is 2. The van der Waals surface area contributed by atoms with E-state index in [0.717, 1.165) is 18.7 Å². The summed E-state index contributed by atoms with van der Waals surface area (Å²) in [7, 11) is 0. The maximum absolute atomic E-state index is 12.0. The van der Waals surface area contributed by atoms with E-state index in [1.807, 2.05) is 29.2 Å². The number of hydrogen-bond acceptors (Lipinski definition) is 2. The number of carbonyl (C=O) groups is 1. The van der Waals surface area contributed by atoms with E-state index in [9.17, 15) is 4.79 Å². The summed E-state index contributed by atoms with van der Waals surface area (Å²) < 4.78 is 0. The summed E-state index contributed by atoms with van der Waals surface area (Å²) in [4.78, 5) is 13.9. The summed E-state index contributed by atoms with van der Waals surface area (Å²) in [6.45, 7) is 2.20. The first-order valence-electron chi connectivity index (χ1n) is 6.24. The molecular weight excluding hydrogens is 250 g/mol. The fourth-order valence-corrected chi connectivity index (χ4v) is 2.70. The van der Waals surface area contributed by atoms with Gasteiger partial charge in [0.2, 0.25) is 0 Å². The lowest BCUT2D eigenvalue weighted by molar-refractivity contribution is 0.0958. The van der Waals surface area contributed by atoms with E-state index in [4.69, 9.17) is 11.6 Å². The van der Waals surface area contributed by atoms with Gasteiger partial charge >= 0.3 is 6.03 Å². The van der Waals surface area contributed by atoms with Crippen LogP contribution in [0.4, 0.5) is 4.79 Å². The topological polar surface area (TPSA) is 44.4 Å². The van der Waals surface area contributed by atoms with Crippen LogP contribution in [0.5, 0.6) is 0 Å². The Balaban J connectivity index is 1.50. The van der Waals surface area contributed by atoms with Gasteiger partial charge in [0.15, 0.2) is 0 Å². The SMILES string of the molecule is O=C(NCc1ccc(Cl)cc1)N1CC2CC(C1)N2. The lowest BCUT2D eigenvalue weighted by atomic mass is 9.92. The third-order valence-corrected chi connectivity index (χ3v) is 3.82. The molecule has 1 aromatic carbocycles. The minimum atomic E-state index is 0.0288. The molecule has 4 rings (SSSR count). The Bertz CT molecular complexity index is 432. The van der Waals surface area contributed by atoms with Crippen LogP contribution >= 0.6 is 11.6 Å². The molecule has 0 saturated carbocycles. The van der Waals surface area contributed by atoms with Crippen LogP contribution in [0.2, 0.25) is 5.02 Å². The molecule has 2 amide bonds. The van der Waals surface area contributed by atoms with Crippen molar-refractivity contribution < 1.29 is 4.79 Å². The van der Waals surface area contributed by atoms with Crippen molar-refractivity contribution in [2.45, 2.75) is 25.0 Å². The second-order valence-corrected chi connectivity index (χ2v) is 5.42. The quantitative estimate of drug-likeness (QED) is 0.853. The van der Waals surface area contributed by atoms with Gasteiger partial charge in [-0.1, -0.05) is 23.7 Å². The number of fused-ring (bicyclic) bond motifs is 2. The molecule has 3 fully saturated rings. The van der Waals surface area contributed by atoms with Crippen molar-refractivity contribution in [2.24, 2.45) is 0 Å². The molecule has 18 heavy (non-hydrogen) atoms. The van der Waals surface area contributed by atoms with Gasteiger partial charge < -0.3 is 15.5 Å². The van der Waals surface area contributed by atoms with Gasteiger partial charge in [-0.05, 0) is 24.1 Å². The molecule has 1 aromatic rings. The number of piperazine rings is 1. The van der Waals surface area contributed by atoms with E-state index >= 15 is 0 Å². The molecule has 2 bridgehead atoms. The minimum absolute atomic E-state index is 0.0288. The van der Waals surface area contributed by atoms with E-state index in [2.05, 4.69) is 10.6 Å². The number of rotatable bonds is 2. The molecule has 2 N–H and O–H groups in total. The van der Waals surface area contributed by atoms with Gasteiger partial charge in [0.05, 0.1) is 0 Å². The maximum atomic E-state index is 12.0. The van der Waals surface area contributed by atoms with Crippen LogP contribution in [-0.4, -0.2) is 36.1 Å².